The first-order chi connectivity index (χ1) is 11.5. The van der Waals surface area contributed by atoms with Crippen LogP contribution in [-0.2, 0) is 16.6 Å². The average molecular weight is 354 g/mol. The first-order valence-corrected chi connectivity index (χ1v) is 8.63. The number of methoxy groups -OCH3 is 2. The monoisotopic (exact) mass is 354 g/mol. The molecule has 0 aliphatic rings. The minimum Gasteiger partial charge on any atom is -1.00 e. The number of nitrogens with one attached hydrogen (secondary N) is 1. The van der Waals surface area contributed by atoms with Gasteiger partial charge in [0.05, 0.1) is 42.0 Å². The maximum Gasteiger partial charge on any atom is 1.00 e. The van der Waals surface area contributed by atoms with Gasteiger partial charge in [-0.25, -0.2) is 4.98 Å². The van der Waals surface area contributed by atoms with Gasteiger partial charge in [-0.05, 0) is 19.9 Å². The Kier molecular flexibility index (Phi) is 6.22. The Balaban J connectivity index is 0.00000169. The minimum atomic E-state index is -1.37. The van der Waals surface area contributed by atoms with E-state index in [9.17, 15) is 4.21 Å². The van der Waals surface area contributed by atoms with Crippen molar-refractivity contribution in [3.05, 3.63) is 35.2 Å². The fourth-order valence-electron chi connectivity index (χ4n) is 2.48. The van der Waals surface area contributed by atoms with Crippen LogP contribution in [0.25, 0.3) is 11.2 Å². The topological polar surface area (TPSA) is 90.0 Å². The molecular formula is C16H19LiN4O3S. The molecule has 3 rings (SSSR count). The fourth-order valence-corrected chi connectivity index (χ4v) is 3.57. The number of H-pyrrole nitrogens is 1. The molecule has 0 saturated heterocycles. The molecule has 0 amide bonds. The Labute approximate surface area is 161 Å². The SMILES string of the molecule is COc1ccc2[nH]c([S@](=O)Cc3ncc(C)c(OC)c3C)nc2n1.[H-].[Li+]. The normalized spacial score (nSPS) is 11.8. The molecule has 9 heteroatoms. The van der Waals surface area contributed by atoms with Crippen molar-refractivity contribution in [2.24, 2.45) is 0 Å². The van der Waals surface area contributed by atoms with Gasteiger partial charge in [-0.3, -0.25) is 9.19 Å². The van der Waals surface area contributed by atoms with E-state index in [-0.39, 0.29) is 26.0 Å². The van der Waals surface area contributed by atoms with Gasteiger partial charge in [0, 0.05) is 23.4 Å². The summed E-state index contributed by atoms with van der Waals surface area (Å²) in [7, 11) is 1.79. The molecule has 0 spiro atoms. The van der Waals surface area contributed by atoms with Crippen LogP contribution in [0.15, 0.2) is 23.5 Å². The molecule has 1 atom stereocenters. The molecule has 0 aromatic carbocycles. The van der Waals surface area contributed by atoms with Crippen molar-refractivity contribution in [3.8, 4) is 11.6 Å². The fraction of sp³-hybridized carbons (Fsp3) is 0.312. The number of aromatic amines is 1. The molecule has 3 heterocycles. The van der Waals surface area contributed by atoms with Gasteiger partial charge in [-0.15, -0.1) is 0 Å². The second-order valence-corrected chi connectivity index (χ2v) is 6.67. The van der Waals surface area contributed by atoms with Crippen LogP contribution in [-0.4, -0.2) is 38.4 Å². The standard InChI is InChI=1S/C16H18N4O3S.Li.H/c1-9-7-17-12(10(2)14(9)23-4)8-24(21)16-18-11-5-6-13(22-3)19-15(11)20-16;;/h5-7H,8H2,1-4H3,(H,18,19,20);;/q;+1;-1/t24-;;/m1../s1. The number of aryl methyl sites for hydroxylation is 1. The van der Waals surface area contributed by atoms with E-state index in [0.29, 0.717) is 22.2 Å². The van der Waals surface area contributed by atoms with Crippen LogP contribution in [0.3, 0.4) is 0 Å². The van der Waals surface area contributed by atoms with Crippen molar-refractivity contribution >= 4 is 22.0 Å². The molecule has 1 N–H and O–H groups in total. The van der Waals surface area contributed by atoms with Gasteiger partial charge in [0.15, 0.2) is 10.8 Å². The van der Waals surface area contributed by atoms with E-state index in [1.807, 2.05) is 13.8 Å². The number of aromatic nitrogens is 4. The van der Waals surface area contributed by atoms with E-state index in [1.165, 1.54) is 0 Å². The Hall–Kier alpha value is -1.88. The van der Waals surface area contributed by atoms with E-state index in [0.717, 1.165) is 22.6 Å². The zero-order chi connectivity index (χ0) is 17.3. The van der Waals surface area contributed by atoms with E-state index in [2.05, 4.69) is 19.9 Å². The first kappa shape index (κ1) is 19.4. The molecule has 0 aliphatic heterocycles. The van der Waals surface area contributed by atoms with E-state index >= 15 is 0 Å². The average Bonchev–Trinajstić information content (AvgIpc) is 3.01. The van der Waals surface area contributed by atoms with Gasteiger partial charge in [-0.2, -0.15) is 4.98 Å². The number of rotatable bonds is 5. The summed E-state index contributed by atoms with van der Waals surface area (Å²) in [5, 5.41) is 0.367. The third kappa shape index (κ3) is 3.87. The zero-order valence-corrected chi connectivity index (χ0v) is 15.7. The molecule has 0 aliphatic carbocycles. The van der Waals surface area contributed by atoms with E-state index in [1.54, 1.807) is 32.5 Å². The predicted molar refractivity (Wildman–Crippen MR) is 91.9 cm³/mol. The van der Waals surface area contributed by atoms with E-state index in [4.69, 9.17) is 9.47 Å². The number of hydrogen-bond donors (Lipinski definition) is 1. The molecule has 0 saturated carbocycles. The van der Waals surface area contributed by atoms with Gasteiger partial charge in [0.2, 0.25) is 5.88 Å². The third-order valence-corrected chi connectivity index (χ3v) is 4.90. The summed E-state index contributed by atoms with van der Waals surface area (Å²) in [6.07, 6.45) is 1.73. The Morgan fingerprint density at radius 2 is 1.96 bits per heavy atom. The van der Waals surface area contributed by atoms with Crippen molar-refractivity contribution in [1.82, 2.24) is 19.9 Å². The quantitative estimate of drug-likeness (QED) is 0.616. The maximum atomic E-state index is 12.7. The molecule has 0 fully saturated rings. The molecule has 3 aromatic heterocycles. The van der Waals surface area contributed by atoms with Crippen molar-refractivity contribution in [2.75, 3.05) is 14.2 Å². The van der Waals surface area contributed by atoms with Crippen LogP contribution in [0.1, 0.15) is 18.2 Å². The number of nitrogens with zero attached hydrogens (tertiary/aromatic N) is 3. The molecule has 0 radical (unpaired) electrons. The van der Waals surface area contributed by atoms with Crippen molar-refractivity contribution in [1.29, 1.82) is 0 Å². The van der Waals surface area contributed by atoms with E-state index < -0.39 is 10.8 Å². The Morgan fingerprint density at radius 3 is 2.64 bits per heavy atom. The molecule has 128 valence electrons. The minimum absolute atomic E-state index is 0. The zero-order valence-electron chi connectivity index (χ0n) is 15.9. The summed E-state index contributed by atoms with van der Waals surface area (Å²) >= 11 is 0. The number of pyridine rings is 2. The van der Waals surface area contributed by atoms with Crippen molar-refractivity contribution in [3.63, 3.8) is 0 Å². The van der Waals surface area contributed by atoms with Gasteiger partial charge >= 0.3 is 18.9 Å². The molecule has 25 heavy (non-hydrogen) atoms. The van der Waals surface area contributed by atoms with Crippen molar-refractivity contribution in [2.45, 2.75) is 24.8 Å². The summed E-state index contributed by atoms with van der Waals surface area (Å²) in [4.78, 5) is 15.9. The number of imidazole rings is 1. The Morgan fingerprint density at radius 1 is 1.20 bits per heavy atom. The summed E-state index contributed by atoms with van der Waals surface area (Å²) in [6.45, 7) is 3.84. The van der Waals surface area contributed by atoms with Crippen molar-refractivity contribution < 1.29 is 34.0 Å². The Bertz CT molecular complexity index is 935. The summed E-state index contributed by atoms with van der Waals surface area (Å²) in [6, 6.07) is 3.52. The van der Waals surface area contributed by atoms with Crippen LogP contribution in [0.5, 0.6) is 11.6 Å². The summed E-state index contributed by atoms with van der Waals surface area (Å²) < 4.78 is 23.1. The van der Waals surface area contributed by atoms with Crippen LogP contribution < -0.4 is 28.3 Å². The molecular weight excluding hydrogens is 335 g/mol. The predicted octanol–water partition coefficient (Wildman–Crippen LogP) is -0.589. The summed E-state index contributed by atoms with van der Waals surface area (Å²) in [5.41, 5.74) is 3.75. The first-order valence-electron chi connectivity index (χ1n) is 7.31. The van der Waals surface area contributed by atoms with Gasteiger partial charge in [0.1, 0.15) is 5.75 Å². The molecule has 0 bridgehead atoms. The molecule has 3 aromatic rings. The maximum absolute atomic E-state index is 12.7. The smallest absolute Gasteiger partial charge is 1.00 e. The van der Waals surface area contributed by atoms with Gasteiger partial charge < -0.3 is 15.9 Å². The largest absolute Gasteiger partial charge is 1.00 e. The van der Waals surface area contributed by atoms with Crippen LogP contribution in [0.4, 0.5) is 0 Å². The second-order valence-electron chi connectivity index (χ2n) is 5.30. The van der Waals surface area contributed by atoms with Gasteiger partial charge in [0.25, 0.3) is 0 Å². The van der Waals surface area contributed by atoms with Crippen LogP contribution in [0.2, 0.25) is 0 Å². The second kappa shape index (κ2) is 8.00. The third-order valence-electron chi connectivity index (χ3n) is 3.74. The number of hydrogen-bond acceptors (Lipinski definition) is 6. The van der Waals surface area contributed by atoms with Gasteiger partial charge in [-0.1, -0.05) is 0 Å². The molecule has 0 unspecified atom stereocenters. The summed E-state index contributed by atoms with van der Waals surface area (Å²) in [5.74, 6) is 1.49. The van der Waals surface area contributed by atoms with Crippen LogP contribution in [0, 0.1) is 13.8 Å². The molecule has 7 nitrogen and oxygen atoms in total. The number of ether oxygens (including phenoxy) is 2. The van der Waals surface area contributed by atoms with Crippen LogP contribution >= 0.6 is 0 Å². The number of fused-ring (bicyclic) bond motifs is 1.